The molecule has 33 heavy (non-hydrogen) atoms. The van der Waals surface area contributed by atoms with Crippen molar-refractivity contribution in [1.82, 2.24) is 9.66 Å². The van der Waals surface area contributed by atoms with Gasteiger partial charge >= 0.3 is 0 Å². The number of aromatic nitrogens is 2. The van der Waals surface area contributed by atoms with E-state index in [0.29, 0.717) is 30.1 Å². The van der Waals surface area contributed by atoms with E-state index in [0.717, 1.165) is 47.1 Å². The van der Waals surface area contributed by atoms with Gasteiger partial charge in [-0.3, -0.25) is 4.79 Å². The second-order valence-electron chi connectivity index (χ2n) is 8.05. The first-order chi connectivity index (χ1) is 16.1. The summed E-state index contributed by atoms with van der Waals surface area (Å²) < 4.78 is 13.8. The Morgan fingerprint density at radius 1 is 1.21 bits per heavy atom. The topological polar surface area (TPSA) is 65.7 Å². The molecule has 0 saturated heterocycles. The molecular weight excluding hydrogens is 482 g/mol. The second-order valence-corrected chi connectivity index (χ2v) is 8.90. The Kier molecular flexibility index (Phi) is 7.60. The molecule has 6 nitrogen and oxygen atoms in total. The van der Waals surface area contributed by atoms with E-state index in [-0.39, 0.29) is 11.5 Å². The standard InChI is InChI=1S/C26H28BrN3O3/c1-3-14-33-24-21(27)15-18(16-23(24)32-4-2)17-28-30-25(19-10-6-5-7-11-19)29-22-13-9-8-12-20(22)26(30)31/h3,8-9,12-13,15-17,19H,1,4-7,10-11,14H2,2H3. The molecule has 2 aromatic carbocycles. The van der Waals surface area contributed by atoms with Gasteiger partial charge in [0.25, 0.3) is 5.56 Å². The van der Waals surface area contributed by atoms with E-state index in [9.17, 15) is 4.79 Å². The zero-order chi connectivity index (χ0) is 23.2. The Morgan fingerprint density at radius 2 is 2.00 bits per heavy atom. The summed E-state index contributed by atoms with van der Waals surface area (Å²) in [6, 6.07) is 11.2. The monoisotopic (exact) mass is 509 g/mol. The van der Waals surface area contributed by atoms with Gasteiger partial charge in [0, 0.05) is 5.92 Å². The van der Waals surface area contributed by atoms with Crippen LogP contribution in [0.4, 0.5) is 0 Å². The van der Waals surface area contributed by atoms with Crippen LogP contribution in [0.1, 0.15) is 56.3 Å². The third-order valence-electron chi connectivity index (χ3n) is 5.75. The highest BCUT2D eigenvalue weighted by atomic mass is 79.9. The van der Waals surface area contributed by atoms with Crippen molar-refractivity contribution < 1.29 is 9.47 Å². The van der Waals surface area contributed by atoms with Crippen molar-refractivity contribution in [3.05, 3.63) is 75.3 Å². The lowest BCUT2D eigenvalue weighted by Crippen LogP contribution is -2.25. The minimum Gasteiger partial charge on any atom is -0.490 e. The first kappa shape index (κ1) is 23.2. The van der Waals surface area contributed by atoms with Gasteiger partial charge in [-0.05, 0) is 65.5 Å². The molecule has 0 unspecified atom stereocenters. The Labute approximate surface area is 202 Å². The summed E-state index contributed by atoms with van der Waals surface area (Å²) in [6.45, 7) is 6.48. The van der Waals surface area contributed by atoms with Gasteiger partial charge in [0.2, 0.25) is 0 Å². The quantitative estimate of drug-likeness (QED) is 0.273. The molecule has 0 aliphatic heterocycles. The summed E-state index contributed by atoms with van der Waals surface area (Å²) in [5.74, 6) is 2.19. The maximum atomic E-state index is 13.4. The van der Waals surface area contributed by atoms with Gasteiger partial charge < -0.3 is 9.47 Å². The van der Waals surface area contributed by atoms with Crippen molar-refractivity contribution in [2.75, 3.05) is 13.2 Å². The smallest absolute Gasteiger partial charge is 0.282 e. The average Bonchev–Trinajstić information content (AvgIpc) is 2.83. The first-order valence-corrected chi connectivity index (χ1v) is 12.2. The number of hydrogen-bond donors (Lipinski definition) is 0. The summed E-state index contributed by atoms with van der Waals surface area (Å²) in [5.41, 5.74) is 1.36. The first-order valence-electron chi connectivity index (χ1n) is 11.4. The molecule has 0 atom stereocenters. The van der Waals surface area contributed by atoms with Gasteiger partial charge in [0.1, 0.15) is 12.4 Å². The van der Waals surface area contributed by atoms with Crippen LogP contribution in [0.2, 0.25) is 0 Å². The summed E-state index contributed by atoms with van der Waals surface area (Å²) in [7, 11) is 0. The molecule has 1 saturated carbocycles. The Balaban J connectivity index is 1.78. The van der Waals surface area contributed by atoms with Crippen molar-refractivity contribution in [2.24, 2.45) is 5.10 Å². The minimum atomic E-state index is -0.146. The zero-order valence-corrected chi connectivity index (χ0v) is 20.4. The number of nitrogens with zero attached hydrogens (tertiary/aromatic N) is 3. The fourth-order valence-electron chi connectivity index (χ4n) is 4.21. The third-order valence-corrected chi connectivity index (χ3v) is 6.34. The molecule has 0 spiro atoms. The van der Waals surface area contributed by atoms with Gasteiger partial charge in [-0.15, -0.1) is 0 Å². The van der Waals surface area contributed by atoms with Crippen molar-refractivity contribution in [2.45, 2.75) is 44.9 Å². The fraction of sp³-hybridized carbons (Fsp3) is 0.346. The number of halogens is 1. The van der Waals surface area contributed by atoms with Crippen LogP contribution >= 0.6 is 15.9 Å². The van der Waals surface area contributed by atoms with Crippen LogP contribution in [0.25, 0.3) is 10.9 Å². The van der Waals surface area contributed by atoms with E-state index < -0.39 is 0 Å². The van der Waals surface area contributed by atoms with Crippen molar-refractivity contribution in [3.8, 4) is 11.5 Å². The maximum absolute atomic E-state index is 13.4. The zero-order valence-electron chi connectivity index (χ0n) is 18.8. The van der Waals surface area contributed by atoms with Crippen LogP contribution in [0.3, 0.4) is 0 Å². The van der Waals surface area contributed by atoms with Crippen LogP contribution < -0.4 is 15.0 Å². The van der Waals surface area contributed by atoms with Crippen LogP contribution in [-0.2, 0) is 0 Å². The molecule has 1 aliphatic carbocycles. The van der Waals surface area contributed by atoms with Crippen molar-refractivity contribution in [1.29, 1.82) is 0 Å². The van der Waals surface area contributed by atoms with E-state index in [4.69, 9.17) is 14.5 Å². The van der Waals surface area contributed by atoms with Crippen LogP contribution in [-0.4, -0.2) is 29.1 Å². The number of para-hydroxylation sites is 1. The van der Waals surface area contributed by atoms with Gasteiger partial charge in [-0.2, -0.15) is 9.78 Å². The number of hydrogen-bond acceptors (Lipinski definition) is 5. The molecule has 0 amide bonds. The molecule has 172 valence electrons. The lowest BCUT2D eigenvalue weighted by atomic mass is 9.88. The van der Waals surface area contributed by atoms with E-state index in [1.165, 1.54) is 11.1 Å². The molecule has 4 rings (SSSR count). The lowest BCUT2D eigenvalue weighted by molar-refractivity contribution is 0.295. The predicted molar refractivity (Wildman–Crippen MR) is 136 cm³/mol. The molecule has 1 heterocycles. The Hall–Kier alpha value is -2.93. The summed E-state index contributed by atoms with van der Waals surface area (Å²) in [4.78, 5) is 18.2. The van der Waals surface area contributed by atoms with Crippen molar-refractivity contribution >= 4 is 33.0 Å². The summed E-state index contributed by atoms with van der Waals surface area (Å²) in [5, 5.41) is 5.19. The van der Waals surface area contributed by atoms with Crippen LogP contribution in [0.5, 0.6) is 11.5 Å². The molecule has 1 aliphatic rings. The lowest BCUT2D eigenvalue weighted by Gasteiger charge is -2.22. The molecule has 0 radical (unpaired) electrons. The van der Waals surface area contributed by atoms with Gasteiger partial charge in [-0.25, -0.2) is 4.98 Å². The van der Waals surface area contributed by atoms with E-state index in [2.05, 4.69) is 27.6 Å². The molecule has 3 aromatic rings. The Bertz CT molecular complexity index is 1230. The number of benzene rings is 2. The van der Waals surface area contributed by atoms with Gasteiger partial charge in [0.05, 0.1) is 28.2 Å². The normalized spacial score (nSPS) is 14.6. The van der Waals surface area contributed by atoms with E-state index in [1.54, 1.807) is 18.4 Å². The highest BCUT2D eigenvalue weighted by Crippen LogP contribution is 2.37. The largest absolute Gasteiger partial charge is 0.490 e. The summed E-state index contributed by atoms with van der Waals surface area (Å²) >= 11 is 3.57. The van der Waals surface area contributed by atoms with Crippen LogP contribution in [0, 0.1) is 0 Å². The average molecular weight is 510 g/mol. The molecule has 0 bridgehead atoms. The molecule has 0 N–H and O–H groups in total. The number of ether oxygens (including phenoxy) is 2. The number of fused-ring (bicyclic) bond motifs is 1. The van der Waals surface area contributed by atoms with Crippen LogP contribution in [0.15, 0.2) is 63.4 Å². The van der Waals surface area contributed by atoms with E-state index >= 15 is 0 Å². The molecule has 1 fully saturated rings. The third kappa shape index (κ3) is 5.19. The highest BCUT2D eigenvalue weighted by molar-refractivity contribution is 9.10. The molecular formula is C26H28BrN3O3. The predicted octanol–water partition coefficient (Wildman–Crippen LogP) is 6.05. The number of rotatable bonds is 8. The molecule has 1 aromatic heterocycles. The Morgan fingerprint density at radius 3 is 2.76 bits per heavy atom. The minimum absolute atomic E-state index is 0.146. The highest BCUT2D eigenvalue weighted by Gasteiger charge is 2.22. The van der Waals surface area contributed by atoms with Crippen molar-refractivity contribution in [3.63, 3.8) is 0 Å². The summed E-state index contributed by atoms with van der Waals surface area (Å²) in [6.07, 6.45) is 8.93. The van der Waals surface area contributed by atoms with Gasteiger partial charge in [0.15, 0.2) is 11.5 Å². The second kappa shape index (κ2) is 10.8. The fourth-order valence-corrected chi connectivity index (χ4v) is 4.78. The van der Waals surface area contributed by atoms with E-state index in [1.807, 2.05) is 37.3 Å². The van der Waals surface area contributed by atoms with Gasteiger partial charge in [-0.1, -0.05) is 44.1 Å². The SMILES string of the molecule is C=CCOc1c(Br)cc(C=Nn2c(C3CCCCC3)nc3ccccc3c2=O)cc1OCC. The maximum Gasteiger partial charge on any atom is 0.282 e. The molecule has 7 heteroatoms.